The van der Waals surface area contributed by atoms with Crippen molar-refractivity contribution in [2.75, 3.05) is 10.8 Å². The number of nitrogens with zero attached hydrogens (tertiary/aromatic N) is 2. The van der Waals surface area contributed by atoms with Crippen molar-refractivity contribution in [2.24, 2.45) is 0 Å². The molecule has 0 saturated heterocycles. The topological polar surface area (TPSA) is 86.8 Å². The molecular weight excluding hydrogens is 558 g/mol. The second-order valence-electron chi connectivity index (χ2n) is 10.6. The number of hydrogen-bond acceptors (Lipinski definition) is 4. The molecule has 7 nitrogen and oxygen atoms in total. The van der Waals surface area contributed by atoms with E-state index in [-0.39, 0.29) is 34.1 Å². The molecule has 218 valence electrons. The normalized spacial score (nSPS) is 14.7. The molecular formula is C32H38ClN3O4S. The molecule has 4 rings (SSSR count). The molecule has 1 N–H and O–H groups in total. The number of hydrogen-bond donors (Lipinski definition) is 1. The third-order valence-corrected chi connectivity index (χ3v) is 9.64. The number of para-hydroxylation sites is 1. The van der Waals surface area contributed by atoms with Crippen molar-refractivity contribution in [1.29, 1.82) is 0 Å². The molecule has 9 heteroatoms. The lowest BCUT2D eigenvalue weighted by Gasteiger charge is -2.34. The van der Waals surface area contributed by atoms with E-state index in [0.29, 0.717) is 6.42 Å². The second kappa shape index (κ2) is 14.0. The first-order chi connectivity index (χ1) is 19.7. The van der Waals surface area contributed by atoms with Gasteiger partial charge in [-0.15, -0.1) is 0 Å². The fourth-order valence-electron chi connectivity index (χ4n) is 5.24. The van der Waals surface area contributed by atoms with Gasteiger partial charge in [-0.3, -0.25) is 13.9 Å². The summed E-state index contributed by atoms with van der Waals surface area (Å²) >= 11 is 6.47. The number of sulfonamides is 1. The zero-order valence-electron chi connectivity index (χ0n) is 23.6. The van der Waals surface area contributed by atoms with Crippen LogP contribution in [0.2, 0.25) is 5.02 Å². The van der Waals surface area contributed by atoms with Crippen LogP contribution >= 0.6 is 11.6 Å². The first kappa shape index (κ1) is 30.6. The largest absolute Gasteiger partial charge is 0.352 e. The van der Waals surface area contributed by atoms with E-state index >= 15 is 0 Å². The molecule has 41 heavy (non-hydrogen) atoms. The number of anilines is 1. The number of amides is 2. The number of carbonyl (C=O) groups excluding carboxylic acids is 2. The van der Waals surface area contributed by atoms with E-state index in [1.54, 1.807) is 42.5 Å². The third kappa shape index (κ3) is 7.68. The van der Waals surface area contributed by atoms with Crippen molar-refractivity contribution < 1.29 is 18.0 Å². The Morgan fingerprint density at radius 2 is 1.56 bits per heavy atom. The summed E-state index contributed by atoms with van der Waals surface area (Å²) in [6.45, 7) is 3.50. The summed E-state index contributed by atoms with van der Waals surface area (Å²) in [5, 5.41) is 3.37. The number of benzene rings is 3. The highest BCUT2D eigenvalue weighted by molar-refractivity contribution is 7.92. The molecule has 3 aromatic carbocycles. The first-order valence-electron chi connectivity index (χ1n) is 14.2. The predicted octanol–water partition coefficient (Wildman–Crippen LogP) is 6.10. The van der Waals surface area contributed by atoms with Gasteiger partial charge >= 0.3 is 0 Å². The van der Waals surface area contributed by atoms with Crippen molar-refractivity contribution in [3.8, 4) is 0 Å². The molecule has 1 aliphatic carbocycles. The molecule has 0 unspecified atom stereocenters. The lowest BCUT2D eigenvalue weighted by Crippen LogP contribution is -2.54. The Morgan fingerprint density at radius 1 is 0.927 bits per heavy atom. The van der Waals surface area contributed by atoms with Gasteiger partial charge in [-0.1, -0.05) is 97.9 Å². The van der Waals surface area contributed by atoms with Gasteiger partial charge in [0.2, 0.25) is 11.8 Å². The predicted molar refractivity (Wildman–Crippen MR) is 163 cm³/mol. The van der Waals surface area contributed by atoms with E-state index in [1.807, 2.05) is 38.1 Å². The van der Waals surface area contributed by atoms with Crippen LogP contribution in [0.5, 0.6) is 0 Å². The van der Waals surface area contributed by atoms with Crippen molar-refractivity contribution >= 4 is 39.1 Å². The summed E-state index contributed by atoms with van der Waals surface area (Å²) in [6.07, 6.45) is 5.52. The van der Waals surface area contributed by atoms with Crippen LogP contribution in [0.1, 0.15) is 56.6 Å². The average Bonchev–Trinajstić information content (AvgIpc) is 2.98. The Balaban J connectivity index is 1.70. The Hall–Kier alpha value is -3.36. The van der Waals surface area contributed by atoms with Gasteiger partial charge in [-0.05, 0) is 56.0 Å². The summed E-state index contributed by atoms with van der Waals surface area (Å²) in [6, 6.07) is 21.6. The zero-order chi connectivity index (χ0) is 29.4. The SMILES string of the molecule is CC[C@@H](C(=O)NC1CCCCC1)N(Cc1ccc(C)cc1)C(=O)CN(c1ccccc1Cl)S(=O)(=O)c1ccccc1. The number of halogens is 1. The third-order valence-electron chi connectivity index (χ3n) is 7.54. The van der Waals surface area contributed by atoms with E-state index < -0.39 is 28.5 Å². The maximum Gasteiger partial charge on any atom is 0.264 e. The van der Waals surface area contributed by atoms with Crippen molar-refractivity contribution in [3.63, 3.8) is 0 Å². The van der Waals surface area contributed by atoms with Crippen LogP contribution in [0.4, 0.5) is 5.69 Å². The maximum absolute atomic E-state index is 14.2. The highest BCUT2D eigenvalue weighted by Crippen LogP contribution is 2.31. The molecule has 1 saturated carbocycles. The summed E-state index contributed by atoms with van der Waals surface area (Å²) in [4.78, 5) is 29.3. The van der Waals surface area contributed by atoms with Crippen molar-refractivity contribution in [1.82, 2.24) is 10.2 Å². The van der Waals surface area contributed by atoms with Crippen LogP contribution in [0.3, 0.4) is 0 Å². The van der Waals surface area contributed by atoms with E-state index in [2.05, 4.69) is 5.32 Å². The molecule has 3 aromatic rings. The molecule has 0 radical (unpaired) electrons. The first-order valence-corrected chi connectivity index (χ1v) is 16.0. The van der Waals surface area contributed by atoms with Gasteiger partial charge in [0.25, 0.3) is 10.0 Å². The molecule has 1 atom stereocenters. The minimum atomic E-state index is -4.16. The molecule has 0 heterocycles. The van der Waals surface area contributed by atoms with Crippen LogP contribution in [0.15, 0.2) is 83.8 Å². The smallest absolute Gasteiger partial charge is 0.264 e. The Labute approximate surface area is 248 Å². The number of carbonyl (C=O) groups is 2. The highest BCUT2D eigenvalue weighted by Gasteiger charge is 2.35. The van der Waals surface area contributed by atoms with Gasteiger partial charge in [0.1, 0.15) is 12.6 Å². The summed E-state index contributed by atoms with van der Waals surface area (Å²) in [5.74, 6) is -0.703. The van der Waals surface area contributed by atoms with Crippen LogP contribution in [0, 0.1) is 6.92 Å². The van der Waals surface area contributed by atoms with Gasteiger partial charge < -0.3 is 10.2 Å². The fourth-order valence-corrected chi connectivity index (χ4v) is 6.98. The second-order valence-corrected chi connectivity index (χ2v) is 12.8. The highest BCUT2D eigenvalue weighted by atomic mass is 35.5. The van der Waals surface area contributed by atoms with Crippen molar-refractivity contribution in [3.05, 3.63) is 95.0 Å². The van der Waals surface area contributed by atoms with Crippen LogP contribution in [-0.2, 0) is 26.2 Å². The minimum absolute atomic E-state index is 0.0416. The van der Waals surface area contributed by atoms with E-state index in [0.717, 1.165) is 47.5 Å². The summed E-state index contributed by atoms with van der Waals surface area (Å²) in [7, 11) is -4.16. The maximum atomic E-state index is 14.2. The summed E-state index contributed by atoms with van der Waals surface area (Å²) < 4.78 is 28.8. The van der Waals surface area contributed by atoms with Crippen LogP contribution in [-0.4, -0.2) is 43.8 Å². The fraction of sp³-hybridized carbons (Fsp3) is 0.375. The monoisotopic (exact) mass is 595 g/mol. The molecule has 2 amide bonds. The van der Waals surface area contributed by atoms with Crippen LogP contribution < -0.4 is 9.62 Å². The minimum Gasteiger partial charge on any atom is -0.352 e. The van der Waals surface area contributed by atoms with E-state index in [9.17, 15) is 18.0 Å². The van der Waals surface area contributed by atoms with E-state index in [4.69, 9.17) is 11.6 Å². The van der Waals surface area contributed by atoms with Gasteiger partial charge in [-0.2, -0.15) is 0 Å². The van der Waals surface area contributed by atoms with Crippen LogP contribution in [0.25, 0.3) is 0 Å². The van der Waals surface area contributed by atoms with Crippen molar-refractivity contribution in [2.45, 2.75) is 75.9 Å². The number of rotatable bonds is 11. The lowest BCUT2D eigenvalue weighted by atomic mass is 9.95. The molecule has 1 fully saturated rings. The molecule has 1 aliphatic rings. The van der Waals surface area contributed by atoms with Gasteiger partial charge in [0.05, 0.1) is 15.6 Å². The number of aryl methyl sites for hydroxylation is 1. The molecule has 0 spiro atoms. The Morgan fingerprint density at radius 3 is 2.20 bits per heavy atom. The van der Waals surface area contributed by atoms with Gasteiger partial charge in [0.15, 0.2) is 0 Å². The molecule has 0 aliphatic heterocycles. The van der Waals surface area contributed by atoms with Gasteiger partial charge in [-0.25, -0.2) is 8.42 Å². The van der Waals surface area contributed by atoms with Gasteiger partial charge in [0, 0.05) is 12.6 Å². The average molecular weight is 596 g/mol. The zero-order valence-corrected chi connectivity index (χ0v) is 25.2. The molecule has 0 bridgehead atoms. The lowest BCUT2D eigenvalue weighted by molar-refractivity contribution is -0.140. The van der Waals surface area contributed by atoms with E-state index in [1.165, 1.54) is 17.0 Å². The number of nitrogens with one attached hydrogen (secondary N) is 1. The Bertz CT molecular complexity index is 1420. The quantitative estimate of drug-likeness (QED) is 0.290. The molecule has 0 aromatic heterocycles. The standard InChI is InChI=1S/C32H38ClN3O4S/c1-3-29(32(38)34-26-12-6-4-7-13-26)35(22-25-20-18-24(2)19-21-25)31(37)23-36(30-17-11-10-16-28(30)33)41(39,40)27-14-8-5-9-15-27/h5,8-11,14-21,26,29H,3-4,6-7,12-13,22-23H2,1-2H3,(H,34,38)/t29-/m0/s1. The Kier molecular flexibility index (Phi) is 10.5. The summed E-state index contributed by atoms with van der Waals surface area (Å²) in [5.41, 5.74) is 2.12.